The number of pyridine rings is 1. The number of carbonyl (C=O) groups excluding carboxylic acids is 1. The molecule has 1 heterocycles. The minimum atomic E-state index is 0.0952. The summed E-state index contributed by atoms with van der Waals surface area (Å²) in [6, 6.07) is 3.50. The minimum absolute atomic E-state index is 0.0952. The second-order valence-electron chi connectivity index (χ2n) is 5.10. The first kappa shape index (κ1) is 11.0. The van der Waals surface area contributed by atoms with Crippen LogP contribution in [0.2, 0.25) is 5.02 Å². The number of hydrogen-bond donors (Lipinski definition) is 1. The second kappa shape index (κ2) is 4.30. The number of nitrogens with one attached hydrogen (secondary N) is 1. The summed E-state index contributed by atoms with van der Waals surface area (Å²) in [6.45, 7) is 0. The molecule has 3 rings (SSSR count). The highest BCUT2D eigenvalue weighted by Gasteiger charge is 2.43. The largest absolute Gasteiger partial charge is 0.309 e. The molecule has 2 bridgehead atoms. The van der Waals surface area contributed by atoms with Gasteiger partial charge in [-0.25, -0.2) is 4.98 Å². The van der Waals surface area contributed by atoms with Crippen molar-refractivity contribution in [2.24, 2.45) is 17.8 Å². The third kappa shape index (κ3) is 2.04. The Bertz CT molecular complexity index is 449. The molecule has 1 aromatic heterocycles. The minimum Gasteiger partial charge on any atom is -0.309 e. The molecular formula is C13H15ClN2O. The van der Waals surface area contributed by atoms with Crippen molar-refractivity contribution >= 4 is 23.3 Å². The van der Waals surface area contributed by atoms with Crippen LogP contribution < -0.4 is 5.32 Å². The van der Waals surface area contributed by atoms with Crippen LogP contribution in [-0.4, -0.2) is 10.9 Å². The van der Waals surface area contributed by atoms with Crippen molar-refractivity contribution in [3.63, 3.8) is 0 Å². The molecule has 3 atom stereocenters. The molecule has 0 aliphatic heterocycles. The van der Waals surface area contributed by atoms with Gasteiger partial charge in [-0.1, -0.05) is 18.0 Å². The van der Waals surface area contributed by atoms with E-state index in [1.165, 1.54) is 19.3 Å². The zero-order valence-electron chi connectivity index (χ0n) is 9.53. The first-order valence-electron chi connectivity index (χ1n) is 6.15. The Labute approximate surface area is 106 Å². The Morgan fingerprint density at radius 3 is 2.94 bits per heavy atom. The van der Waals surface area contributed by atoms with E-state index < -0.39 is 0 Å². The maximum Gasteiger partial charge on any atom is 0.228 e. The van der Waals surface area contributed by atoms with E-state index in [0.29, 0.717) is 16.8 Å². The smallest absolute Gasteiger partial charge is 0.228 e. The predicted octanol–water partition coefficient (Wildman–Crippen LogP) is 3.11. The number of fused-ring (bicyclic) bond motifs is 2. The standard InChI is InChI=1S/C13H15ClN2O/c14-11-2-1-5-15-12(11)16-13(17)10-7-8-3-4-9(10)6-8/h1-2,5,8-10H,3-4,6-7H2,(H,15,16,17)/t8-,9+,10+/m0/s1. The highest BCUT2D eigenvalue weighted by atomic mass is 35.5. The number of halogens is 1. The zero-order valence-corrected chi connectivity index (χ0v) is 10.3. The number of rotatable bonds is 2. The van der Waals surface area contributed by atoms with Crippen molar-refractivity contribution in [3.05, 3.63) is 23.4 Å². The van der Waals surface area contributed by atoms with E-state index in [0.717, 1.165) is 12.3 Å². The monoisotopic (exact) mass is 250 g/mol. The fourth-order valence-corrected chi connectivity index (χ4v) is 3.42. The summed E-state index contributed by atoms with van der Waals surface area (Å²) in [5.41, 5.74) is 0. The van der Waals surface area contributed by atoms with Gasteiger partial charge in [0.2, 0.25) is 5.91 Å². The summed E-state index contributed by atoms with van der Waals surface area (Å²) in [5, 5.41) is 3.36. The Morgan fingerprint density at radius 2 is 2.29 bits per heavy atom. The van der Waals surface area contributed by atoms with Gasteiger partial charge in [0.25, 0.3) is 0 Å². The molecule has 17 heavy (non-hydrogen) atoms. The van der Waals surface area contributed by atoms with Crippen molar-refractivity contribution in [2.45, 2.75) is 25.7 Å². The van der Waals surface area contributed by atoms with Crippen molar-refractivity contribution in [1.29, 1.82) is 0 Å². The summed E-state index contributed by atoms with van der Waals surface area (Å²) in [4.78, 5) is 16.2. The first-order valence-corrected chi connectivity index (χ1v) is 6.53. The Balaban J connectivity index is 1.70. The number of nitrogens with zero attached hydrogens (tertiary/aromatic N) is 1. The molecule has 0 radical (unpaired) electrons. The van der Waals surface area contributed by atoms with Crippen molar-refractivity contribution in [1.82, 2.24) is 4.98 Å². The normalized spacial score (nSPS) is 30.5. The fourth-order valence-electron chi connectivity index (χ4n) is 3.25. The molecular weight excluding hydrogens is 236 g/mol. The SMILES string of the molecule is O=C(Nc1ncccc1Cl)[C@@H]1C[C@H]2CC[C@@H]1C2. The van der Waals surface area contributed by atoms with Crippen LogP contribution >= 0.6 is 11.6 Å². The molecule has 1 aromatic rings. The van der Waals surface area contributed by atoms with Crippen LogP contribution in [0, 0.1) is 17.8 Å². The molecule has 2 aliphatic carbocycles. The van der Waals surface area contributed by atoms with Crippen LogP contribution in [0.3, 0.4) is 0 Å². The van der Waals surface area contributed by atoms with E-state index in [9.17, 15) is 4.79 Å². The number of carbonyl (C=O) groups is 1. The quantitative estimate of drug-likeness (QED) is 0.876. The number of anilines is 1. The van der Waals surface area contributed by atoms with Gasteiger partial charge in [-0.3, -0.25) is 4.79 Å². The van der Waals surface area contributed by atoms with Gasteiger partial charge in [-0.05, 0) is 43.2 Å². The molecule has 90 valence electrons. The molecule has 2 fully saturated rings. The first-order chi connectivity index (χ1) is 8.24. The van der Waals surface area contributed by atoms with Crippen LogP contribution in [0.1, 0.15) is 25.7 Å². The van der Waals surface area contributed by atoms with E-state index in [1.807, 2.05) is 0 Å². The van der Waals surface area contributed by atoms with Crippen LogP contribution in [0.5, 0.6) is 0 Å². The molecule has 2 saturated carbocycles. The van der Waals surface area contributed by atoms with Gasteiger partial charge < -0.3 is 5.32 Å². The van der Waals surface area contributed by atoms with E-state index in [-0.39, 0.29) is 11.8 Å². The Morgan fingerprint density at radius 1 is 1.41 bits per heavy atom. The lowest BCUT2D eigenvalue weighted by Gasteiger charge is -2.20. The van der Waals surface area contributed by atoms with Gasteiger partial charge in [0.15, 0.2) is 5.82 Å². The fraction of sp³-hybridized carbons (Fsp3) is 0.538. The van der Waals surface area contributed by atoms with Gasteiger partial charge in [0, 0.05) is 12.1 Å². The zero-order chi connectivity index (χ0) is 11.8. The van der Waals surface area contributed by atoms with Crippen molar-refractivity contribution in [3.8, 4) is 0 Å². The highest BCUT2D eigenvalue weighted by Crippen LogP contribution is 2.48. The van der Waals surface area contributed by atoms with E-state index in [4.69, 9.17) is 11.6 Å². The van der Waals surface area contributed by atoms with Gasteiger partial charge in [-0.2, -0.15) is 0 Å². The molecule has 0 aromatic carbocycles. The Hall–Kier alpha value is -1.09. The topological polar surface area (TPSA) is 42.0 Å². The van der Waals surface area contributed by atoms with E-state index in [2.05, 4.69) is 10.3 Å². The molecule has 2 aliphatic rings. The molecule has 4 heteroatoms. The van der Waals surface area contributed by atoms with E-state index >= 15 is 0 Å². The van der Waals surface area contributed by atoms with Gasteiger partial charge >= 0.3 is 0 Å². The van der Waals surface area contributed by atoms with Gasteiger partial charge in [0.05, 0.1) is 5.02 Å². The summed E-state index contributed by atoms with van der Waals surface area (Å²) < 4.78 is 0. The summed E-state index contributed by atoms with van der Waals surface area (Å²) in [6.07, 6.45) is 6.43. The average molecular weight is 251 g/mol. The van der Waals surface area contributed by atoms with Gasteiger partial charge in [-0.15, -0.1) is 0 Å². The van der Waals surface area contributed by atoms with Crippen LogP contribution in [0.15, 0.2) is 18.3 Å². The molecule has 1 N–H and O–H groups in total. The van der Waals surface area contributed by atoms with Crippen molar-refractivity contribution in [2.75, 3.05) is 5.32 Å². The van der Waals surface area contributed by atoms with Gasteiger partial charge in [0.1, 0.15) is 0 Å². The predicted molar refractivity (Wildman–Crippen MR) is 66.8 cm³/mol. The van der Waals surface area contributed by atoms with Crippen molar-refractivity contribution < 1.29 is 4.79 Å². The molecule has 0 saturated heterocycles. The Kier molecular flexibility index (Phi) is 2.79. The molecule has 0 spiro atoms. The summed E-state index contributed by atoms with van der Waals surface area (Å²) >= 11 is 5.98. The summed E-state index contributed by atoms with van der Waals surface area (Å²) in [7, 11) is 0. The number of amides is 1. The molecule has 0 unspecified atom stereocenters. The number of hydrogen-bond acceptors (Lipinski definition) is 2. The maximum absolute atomic E-state index is 12.1. The van der Waals surface area contributed by atoms with Crippen LogP contribution in [0.4, 0.5) is 5.82 Å². The molecule has 1 amide bonds. The third-order valence-corrected chi connectivity index (χ3v) is 4.38. The lowest BCUT2D eigenvalue weighted by Crippen LogP contribution is -2.27. The number of aromatic nitrogens is 1. The highest BCUT2D eigenvalue weighted by molar-refractivity contribution is 6.33. The molecule has 3 nitrogen and oxygen atoms in total. The summed E-state index contributed by atoms with van der Waals surface area (Å²) in [5.74, 6) is 2.11. The second-order valence-corrected chi connectivity index (χ2v) is 5.51. The lowest BCUT2D eigenvalue weighted by atomic mass is 9.88. The van der Waals surface area contributed by atoms with E-state index in [1.54, 1.807) is 18.3 Å². The lowest BCUT2D eigenvalue weighted by molar-refractivity contribution is -0.121. The maximum atomic E-state index is 12.1. The van der Waals surface area contributed by atoms with Crippen LogP contribution in [0.25, 0.3) is 0 Å². The third-order valence-electron chi connectivity index (χ3n) is 4.07. The average Bonchev–Trinajstić information content (AvgIpc) is 2.94. The van der Waals surface area contributed by atoms with Crippen LogP contribution in [-0.2, 0) is 4.79 Å².